The van der Waals surface area contributed by atoms with E-state index in [0.29, 0.717) is 11.6 Å². The first kappa shape index (κ1) is 39.1. The van der Waals surface area contributed by atoms with E-state index < -0.39 is 0 Å². The molecule has 0 N–H and O–H groups in total. The monoisotopic (exact) mass is 870 g/mol. The summed E-state index contributed by atoms with van der Waals surface area (Å²) in [6, 6.07) is 79.3. The summed E-state index contributed by atoms with van der Waals surface area (Å²) < 4.78 is 13.0. The molecule has 13 aromatic rings. The minimum atomic E-state index is 0.690. The number of rotatable bonds is 8. The smallest absolute Gasteiger partial charge is 0.160 e. The van der Waals surface area contributed by atoms with Gasteiger partial charge in [0, 0.05) is 61.0 Å². The highest BCUT2D eigenvalue weighted by Crippen LogP contribution is 2.40. The van der Waals surface area contributed by atoms with Crippen LogP contribution >= 0.6 is 0 Å². The summed E-state index contributed by atoms with van der Waals surface area (Å²) in [5, 5.41) is 4.14. The van der Waals surface area contributed by atoms with Crippen LogP contribution in [0.3, 0.4) is 0 Å². The second kappa shape index (κ2) is 16.3. The second-order valence-electron chi connectivity index (χ2n) is 17.0. The largest absolute Gasteiger partial charge is 0.456 e. The second-order valence-corrected chi connectivity index (χ2v) is 17.0. The lowest BCUT2D eigenvalue weighted by Gasteiger charge is -2.11. The molecule has 0 aliphatic carbocycles. The van der Waals surface area contributed by atoms with Gasteiger partial charge in [0.15, 0.2) is 11.6 Å². The molecule has 0 fully saturated rings. The van der Waals surface area contributed by atoms with Crippen molar-refractivity contribution >= 4 is 43.9 Å². The molecule has 0 aliphatic heterocycles. The minimum absolute atomic E-state index is 0.690. The Bertz CT molecular complexity index is 3640. The fourth-order valence-corrected chi connectivity index (χ4v) is 9.26. The average molecular weight is 871 g/mol. The van der Waals surface area contributed by atoms with Gasteiger partial charge in [-0.3, -0.25) is 0 Å². The molecule has 0 saturated heterocycles. The van der Waals surface area contributed by atoms with E-state index in [1.807, 2.05) is 78.9 Å². The van der Waals surface area contributed by atoms with Crippen molar-refractivity contribution in [3.63, 3.8) is 0 Å². The lowest BCUT2D eigenvalue weighted by molar-refractivity contribution is 0.656. The highest BCUT2D eigenvalue weighted by molar-refractivity contribution is 6.16. The zero-order chi connectivity index (χ0) is 45.0. The molecule has 0 amide bonds. The molecular weight excluding hydrogens is 833 g/mol. The summed E-state index contributed by atoms with van der Waals surface area (Å²) in [6.45, 7) is 0. The van der Waals surface area contributed by atoms with Crippen molar-refractivity contribution in [3.8, 4) is 90.1 Å². The lowest BCUT2D eigenvalue weighted by Crippen LogP contribution is -1.96. The Labute approximate surface area is 391 Å². The molecule has 6 heteroatoms. The van der Waals surface area contributed by atoms with Crippen molar-refractivity contribution in [2.24, 2.45) is 0 Å². The molecule has 0 unspecified atom stereocenters. The molecule has 0 saturated carbocycles. The zero-order valence-corrected chi connectivity index (χ0v) is 36.5. The third-order valence-electron chi connectivity index (χ3n) is 12.7. The van der Waals surface area contributed by atoms with Crippen LogP contribution in [0.2, 0.25) is 0 Å². The van der Waals surface area contributed by atoms with Gasteiger partial charge in [-0.1, -0.05) is 170 Å². The summed E-state index contributed by atoms with van der Waals surface area (Å²) in [7, 11) is 0. The fourth-order valence-electron chi connectivity index (χ4n) is 9.26. The lowest BCUT2D eigenvalue weighted by atomic mass is 9.98. The molecule has 0 spiro atoms. The zero-order valence-electron chi connectivity index (χ0n) is 36.5. The molecule has 68 heavy (non-hydrogen) atoms. The van der Waals surface area contributed by atoms with Gasteiger partial charge in [-0.05, 0) is 76.9 Å². The maximum absolute atomic E-state index is 6.48. The minimum Gasteiger partial charge on any atom is -0.456 e. The van der Waals surface area contributed by atoms with E-state index in [2.05, 4.69) is 152 Å². The van der Waals surface area contributed by atoms with Crippen LogP contribution in [0.25, 0.3) is 134 Å². The van der Waals surface area contributed by atoms with Crippen LogP contribution in [0, 0.1) is 0 Å². The van der Waals surface area contributed by atoms with Gasteiger partial charge in [-0.25, -0.2) is 19.9 Å². The highest BCUT2D eigenvalue weighted by atomic mass is 16.3. The van der Waals surface area contributed by atoms with E-state index in [-0.39, 0.29) is 0 Å². The third-order valence-corrected chi connectivity index (χ3v) is 12.7. The number of hydrogen-bond acceptors (Lipinski definition) is 6. The van der Waals surface area contributed by atoms with E-state index in [9.17, 15) is 0 Å². The average Bonchev–Trinajstić information content (AvgIpc) is 3.97. The number of hydrogen-bond donors (Lipinski definition) is 0. The van der Waals surface area contributed by atoms with Crippen LogP contribution in [-0.2, 0) is 0 Å². The number of fused-ring (bicyclic) bond motifs is 6. The molecule has 318 valence electrons. The topological polar surface area (TPSA) is 77.8 Å². The SMILES string of the molecule is c1ccc(-c2cc(-c3cccc(-c4ccc5oc6cc7oc8ccc(-c9cccc(-c%10cc(-c%11ccccc%11)nc(-c%11ccccc%11)n%10)c9)cc8c7cc6c5c4)c3)nc(-c3ccccc3)n2)cc1. The normalized spacial score (nSPS) is 11.5. The number of furan rings is 2. The van der Waals surface area contributed by atoms with E-state index in [0.717, 1.165) is 122 Å². The van der Waals surface area contributed by atoms with Crippen molar-refractivity contribution in [1.82, 2.24) is 19.9 Å². The van der Waals surface area contributed by atoms with Gasteiger partial charge in [-0.15, -0.1) is 0 Å². The first-order valence-corrected chi connectivity index (χ1v) is 22.7. The molecular formula is C62H38N4O2. The molecule has 4 heterocycles. The first-order valence-electron chi connectivity index (χ1n) is 22.7. The Morgan fingerprint density at radius 3 is 0.941 bits per heavy atom. The van der Waals surface area contributed by atoms with Crippen LogP contribution in [0.1, 0.15) is 0 Å². The van der Waals surface area contributed by atoms with Gasteiger partial charge in [0.05, 0.1) is 22.8 Å². The van der Waals surface area contributed by atoms with Crippen LogP contribution in [0.15, 0.2) is 239 Å². The number of nitrogens with zero attached hydrogens (tertiary/aromatic N) is 4. The highest BCUT2D eigenvalue weighted by Gasteiger charge is 2.17. The predicted octanol–water partition coefficient (Wildman–Crippen LogP) is 16.4. The van der Waals surface area contributed by atoms with Crippen LogP contribution < -0.4 is 0 Å². The van der Waals surface area contributed by atoms with Gasteiger partial charge in [-0.2, -0.15) is 0 Å². The molecule has 6 nitrogen and oxygen atoms in total. The maximum Gasteiger partial charge on any atom is 0.160 e. The molecule has 9 aromatic carbocycles. The molecule has 13 rings (SSSR count). The standard InChI is InChI=1S/C62H38N4O2/c1-5-15-39(16-6-1)53-36-55(65-61(63-53)41-19-9-3-10-20-41)47-25-13-23-43(31-47)45-27-29-57-49(33-45)51-35-52-50-34-46(28-30-58(50)68-60(52)38-59(51)67-57)44-24-14-26-48(32-44)56-37-54(40-17-7-2-8-18-40)64-62(66-56)42-21-11-4-12-22-42/h1-38H. The third kappa shape index (κ3) is 7.18. The summed E-state index contributed by atoms with van der Waals surface area (Å²) in [4.78, 5) is 20.2. The van der Waals surface area contributed by atoms with Crippen LogP contribution in [-0.4, -0.2) is 19.9 Å². The first-order chi connectivity index (χ1) is 33.6. The van der Waals surface area contributed by atoms with Crippen LogP contribution in [0.4, 0.5) is 0 Å². The quantitative estimate of drug-likeness (QED) is 0.151. The van der Waals surface area contributed by atoms with E-state index in [4.69, 9.17) is 28.8 Å². The van der Waals surface area contributed by atoms with Gasteiger partial charge in [0.25, 0.3) is 0 Å². The number of benzene rings is 9. The molecule has 0 radical (unpaired) electrons. The molecule has 4 aromatic heterocycles. The molecule has 0 aliphatic rings. The molecule has 0 atom stereocenters. The Balaban J connectivity index is 0.872. The van der Waals surface area contributed by atoms with E-state index in [1.54, 1.807) is 0 Å². The summed E-state index contributed by atoms with van der Waals surface area (Å²) >= 11 is 0. The van der Waals surface area contributed by atoms with E-state index in [1.165, 1.54) is 0 Å². The van der Waals surface area contributed by atoms with Crippen molar-refractivity contribution in [3.05, 3.63) is 231 Å². The van der Waals surface area contributed by atoms with Gasteiger partial charge in [0.1, 0.15) is 22.3 Å². The van der Waals surface area contributed by atoms with E-state index >= 15 is 0 Å². The van der Waals surface area contributed by atoms with Gasteiger partial charge < -0.3 is 8.83 Å². The van der Waals surface area contributed by atoms with Crippen LogP contribution in [0.5, 0.6) is 0 Å². The fraction of sp³-hybridized carbons (Fsp3) is 0. The predicted molar refractivity (Wildman–Crippen MR) is 276 cm³/mol. The van der Waals surface area contributed by atoms with Crippen molar-refractivity contribution in [1.29, 1.82) is 0 Å². The van der Waals surface area contributed by atoms with Gasteiger partial charge in [0.2, 0.25) is 0 Å². The summed E-state index contributed by atoms with van der Waals surface area (Å²) in [5.74, 6) is 1.38. The maximum atomic E-state index is 6.48. The van der Waals surface area contributed by atoms with Crippen molar-refractivity contribution in [2.75, 3.05) is 0 Å². The Kier molecular flexibility index (Phi) is 9.39. The Morgan fingerprint density at radius 2 is 0.529 bits per heavy atom. The summed E-state index contributed by atoms with van der Waals surface area (Å²) in [6.07, 6.45) is 0. The molecule has 0 bridgehead atoms. The Hall–Kier alpha value is -9.26. The van der Waals surface area contributed by atoms with Crippen molar-refractivity contribution < 1.29 is 8.83 Å². The summed E-state index contributed by atoms with van der Waals surface area (Å²) in [5.41, 5.74) is 17.0. The van der Waals surface area contributed by atoms with Crippen molar-refractivity contribution in [2.45, 2.75) is 0 Å². The van der Waals surface area contributed by atoms with Gasteiger partial charge >= 0.3 is 0 Å². The Morgan fingerprint density at radius 1 is 0.206 bits per heavy atom. The number of aromatic nitrogens is 4.